The SMILES string of the molecule is COc1ccc(CC(=O)NCCc2ccc(Cl)cc2)c(OC)c1OC. The molecule has 0 fully saturated rings. The first-order chi connectivity index (χ1) is 12.1. The molecule has 134 valence electrons. The molecule has 2 aromatic rings. The lowest BCUT2D eigenvalue weighted by atomic mass is 10.1. The first kappa shape index (κ1) is 18.9. The van der Waals surface area contributed by atoms with Gasteiger partial charge in [0, 0.05) is 17.1 Å². The minimum atomic E-state index is -0.0838. The molecule has 0 spiro atoms. The zero-order chi connectivity index (χ0) is 18.2. The third-order valence-electron chi connectivity index (χ3n) is 3.79. The van der Waals surface area contributed by atoms with E-state index in [9.17, 15) is 4.79 Å². The first-order valence-electron chi connectivity index (χ1n) is 7.88. The Bertz CT molecular complexity index is 716. The number of benzene rings is 2. The predicted molar refractivity (Wildman–Crippen MR) is 98.0 cm³/mol. The quantitative estimate of drug-likeness (QED) is 0.782. The summed E-state index contributed by atoms with van der Waals surface area (Å²) in [5.74, 6) is 1.47. The number of methoxy groups -OCH3 is 3. The number of carbonyl (C=O) groups is 1. The van der Waals surface area contributed by atoms with Gasteiger partial charge in [0.15, 0.2) is 11.5 Å². The fourth-order valence-electron chi connectivity index (χ4n) is 2.54. The molecule has 0 aliphatic carbocycles. The standard InChI is InChI=1S/C19H22ClNO4/c1-23-16-9-6-14(18(24-2)19(16)25-3)12-17(22)21-11-10-13-4-7-15(20)8-5-13/h4-9H,10-12H2,1-3H3,(H,21,22). The second-order valence-electron chi connectivity index (χ2n) is 5.40. The van der Waals surface area contributed by atoms with Crippen molar-refractivity contribution in [1.82, 2.24) is 5.32 Å². The van der Waals surface area contributed by atoms with Crippen molar-refractivity contribution in [2.24, 2.45) is 0 Å². The van der Waals surface area contributed by atoms with E-state index in [0.29, 0.717) is 28.8 Å². The minimum Gasteiger partial charge on any atom is -0.493 e. The maximum Gasteiger partial charge on any atom is 0.224 e. The van der Waals surface area contributed by atoms with Gasteiger partial charge in [-0.25, -0.2) is 0 Å². The van der Waals surface area contributed by atoms with E-state index >= 15 is 0 Å². The van der Waals surface area contributed by atoms with Crippen LogP contribution in [0.1, 0.15) is 11.1 Å². The molecule has 0 saturated carbocycles. The summed E-state index contributed by atoms with van der Waals surface area (Å²) in [6.45, 7) is 0.552. The van der Waals surface area contributed by atoms with Gasteiger partial charge in [-0.2, -0.15) is 0 Å². The van der Waals surface area contributed by atoms with E-state index in [2.05, 4.69) is 5.32 Å². The van der Waals surface area contributed by atoms with Gasteiger partial charge < -0.3 is 19.5 Å². The fourth-order valence-corrected chi connectivity index (χ4v) is 2.66. The van der Waals surface area contributed by atoms with E-state index in [-0.39, 0.29) is 12.3 Å². The predicted octanol–water partition coefficient (Wildman–Crippen LogP) is 3.27. The highest BCUT2D eigenvalue weighted by Gasteiger charge is 2.17. The van der Waals surface area contributed by atoms with Crippen molar-refractivity contribution in [3.05, 3.63) is 52.5 Å². The molecule has 0 unspecified atom stereocenters. The summed E-state index contributed by atoms with van der Waals surface area (Å²) in [5.41, 5.74) is 1.86. The largest absolute Gasteiger partial charge is 0.493 e. The monoisotopic (exact) mass is 363 g/mol. The van der Waals surface area contributed by atoms with Crippen molar-refractivity contribution in [1.29, 1.82) is 0 Å². The third kappa shape index (κ3) is 5.03. The number of nitrogens with one attached hydrogen (secondary N) is 1. The van der Waals surface area contributed by atoms with E-state index in [4.69, 9.17) is 25.8 Å². The normalized spacial score (nSPS) is 10.2. The van der Waals surface area contributed by atoms with Gasteiger partial charge in [-0.3, -0.25) is 4.79 Å². The van der Waals surface area contributed by atoms with Crippen LogP contribution in [0.2, 0.25) is 5.02 Å². The van der Waals surface area contributed by atoms with Crippen molar-refractivity contribution >= 4 is 17.5 Å². The Hall–Kier alpha value is -2.40. The number of amides is 1. The topological polar surface area (TPSA) is 56.8 Å². The number of ether oxygens (including phenoxy) is 3. The van der Waals surface area contributed by atoms with Crippen LogP contribution in [0.3, 0.4) is 0 Å². The van der Waals surface area contributed by atoms with Gasteiger partial charge in [0.1, 0.15) is 0 Å². The van der Waals surface area contributed by atoms with Gasteiger partial charge in [0.25, 0.3) is 0 Å². The number of hydrogen-bond donors (Lipinski definition) is 1. The van der Waals surface area contributed by atoms with Crippen molar-refractivity contribution in [3.8, 4) is 17.2 Å². The van der Waals surface area contributed by atoms with Gasteiger partial charge in [0.2, 0.25) is 11.7 Å². The van der Waals surface area contributed by atoms with Crippen LogP contribution in [0.5, 0.6) is 17.2 Å². The summed E-state index contributed by atoms with van der Waals surface area (Å²) in [5, 5.41) is 3.61. The lowest BCUT2D eigenvalue weighted by molar-refractivity contribution is -0.120. The molecule has 0 radical (unpaired) electrons. The van der Waals surface area contributed by atoms with Crippen molar-refractivity contribution in [2.75, 3.05) is 27.9 Å². The Morgan fingerprint density at radius 2 is 1.64 bits per heavy atom. The molecule has 0 bridgehead atoms. The summed E-state index contributed by atoms with van der Waals surface area (Å²) in [6, 6.07) is 11.1. The molecule has 0 aliphatic rings. The maximum atomic E-state index is 12.2. The van der Waals surface area contributed by atoms with E-state index in [1.807, 2.05) is 24.3 Å². The van der Waals surface area contributed by atoms with Crippen LogP contribution < -0.4 is 19.5 Å². The van der Waals surface area contributed by atoms with Gasteiger partial charge in [-0.15, -0.1) is 0 Å². The molecule has 6 heteroatoms. The highest BCUT2D eigenvalue weighted by molar-refractivity contribution is 6.30. The highest BCUT2D eigenvalue weighted by Crippen LogP contribution is 2.39. The summed E-state index contributed by atoms with van der Waals surface area (Å²) < 4.78 is 16.0. The Morgan fingerprint density at radius 3 is 2.24 bits per heavy atom. The maximum absolute atomic E-state index is 12.2. The molecule has 0 saturated heterocycles. The van der Waals surface area contributed by atoms with Crippen molar-refractivity contribution in [2.45, 2.75) is 12.8 Å². The van der Waals surface area contributed by atoms with Gasteiger partial charge in [-0.1, -0.05) is 29.8 Å². The lowest BCUT2D eigenvalue weighted by Crippen LogP contribution is -2.27. The number of carbonyl (C=O) groups excluding carboxylic acids is 1. The van der Waals surface area contributed by atoms with Gasteiger partial charge in [-0.05, 0) is 30.2 Å². The highest BCUT2D eigenvalue weighted by atomic mass is 35.5. The van der Waals surface area contributed by atoms with E-state index in [1.165, 1.54) is 7.11 Å². The molecule has 1 amide bonds. The second-order valence-corrected chi connectivity index (χ2v) is 5.83. The van der Waals surface area contributed by atoms with Crippen LogP contribution in [0, 0.1) is 0 Å². The van der Waals surface area contributed by atoms with Gasteiger partial charge >= 0.3 is 0 Å². The van der Waals surface area contributed by atoms with E-state index in [0.717, 1.165) is 17.5 Å². The van der Waals surface area contributed by atoms with Gasteiger partial charge in [0.05, 0.1) is 27.8 Å². The fraction of sp³-hybridized carbons (Fsp3) is 0.316. The van der Waals surface area contributed by atoms with Crippen molar-refractivity contribution < 1.29 is 19.0 Å². The average molecular weight is 364 g/mol. The Morgan fingerprint density at radius 1 is 0.960 bits per heavy atom. The third-order valence-corrected chi connectivity index (χ3v) is 4.04. The molecule has 5 nitrogen and oxygen atoms in total. The van der Waals surface area contributed by atoms with Crippen LogP contribution in [0.4, 0.5) is 0 Å². The molecule has 0 heterocycles. The van der Waals surface area contributed by atoms with Crippen molar-refractivity contribution in [3.63, 3.8) is 0 Å². The molecule has 25 heavy (non-hydrogen) atoms. The smallest absolute Gasteiger partial charge is 0.224 e. The number of rotatable bonds is 8. The number of hydrogen-bond acceptors (Lipinski definition) is 4. The Kier molecular flexibility index (Phi) is 6.95. The molecular formula is C19H22ClNO4. The first-order valence-corrected chi connectivity index (χ1v) is 8.25. The minimum absolute atomic E-state index is 0.0838. The van der Waals surface area contributed by atoms with Crippen LogP contribution in [-0.2, 0) is 17.6 Å². The summed E-state index contributed by atoms with van der Waals surface area (Å²) in [7, 11) is 4.63. The second kappa shape index (κ2) is 9.18. The molecular weight excluding hydrogens is 342 g/mol. The average Bonchev–Trinajstić information content (AvgIpc) is 2.62. The van der Waals surface area contributed by atoms with Crippen LogP contribution in [0.15, 0.2) is 36.4 Å². The molecule has 1 N–H and O–H groups in total. The van der Waals surface area contributed by atoms with Crippen LogP contribution >= 0.6 is 11.6 Å². The Balaban J connectivity index is 1.96. The Labute approximate surface area is 152 Å². The molecule has 0 aliphatic heterocycles. The zero-order valence-corrected chi connectivity index (χ0v) is 15.4. The van der Waals surface area contributed by atoms with E-state index < -0.39 is 0 Å². The van der Waals surface area contributed by atoms with Crippen LogP contribution in [-0.4, -0.2) is 33.8 Å². The number of halogens is 1. The zero-order valence-electron chi connectivity index (χ0n) is 14.6. The summed E-state index contributed by atoms with van der Waals surface area (Å²) >= 11 is 5.86. The summed E-state index contributed by atoms with van der Waals surface area (Å²) in [6.07, 6.45) is 0.941. The van der Waals surface area contributed by atoms with Crippen LogP contribution in [0.25, 0.3) is 0 Å². The lowest BCUT2D eigenvalue weighted by Gasteiger charge is -2.15. The summed E-state index contributed by atoms with van der Waals surface area (Å²) in [4.78, 5) is 12.2. The van der Waals surface area contributed by atoms with E-state index in [1.54, 1.807) is 26.4 Å². The molecule has 0 aromatic heterocycles. The molecule has 0 atom stereocenters. The molecule has 2 aromatic carbocycles. The molecule has 2 rings (SSSR count).